The quantitative estimate of drug-likeness (QED) is 0.800. The average Bonchev–Trinajstić information content (AvgIpc) is 2.29. The number of benzene rings is 1. The Labute approximate surface area is 88.8 Å². The summed E-state index contributed by atoms with van der Waals surface area (Å²) in [5.41, 5.74) is 0.965. The molecule has 2 N–H and O–H groups in total. The van der Waals surface area contributed by atoms with Crippen LogP contribution in [0.15, 0.2) is 36.4 Å². The van der Waals surface area contributed by atoms with Crippen LogP contribution in [0.3, 0.4) is 0 Å². The van der Waals surface area contributed by atoms with Crippen LogP contribution >= 0.6 is 0 Å². The third-order valence-corrected chi connectivity index (χ3v) is 2.27. The molecule has 1 aromatic heterocycles. The van der Waals surface area contributed by atoms with Crippen LogP contribution in [0.2, 0.25) is 0 Å². The van der Waals surface area contributed by atoms with E-state index < -0.39 is 0 Å². The average molecular weight is 202 g/mol. The van der Waals surface area contributed by atoms with Crippen molar-refractivity contribution in [3.05, 3.63) is 36.4 Å². The highest BCUT2D eigenvalue weighted by Gasteiger charge is 2.01. The minimum Gasteiger partial charge on any atom is -0.394 e. The maximum absolute atomic E-state index is 8.92. The Hall–Kier alpha value is -1.61. The highest BCUT2D eigenvalue weighted by Crippen LogP contribution is 2.14. The molecule has 1 aromatic carbocycles. The SMILES string of the molecule is CC(CO)Nc1ccc2ccccc2n1. The summed E-state index contributed by atoms with van der Waals surface area (Å²) >= 11 is 0. The molecule has 15 heavy (non-hydrogen) atoms. The number of hydrogen-bond acceptors (Lipinski definition) is 3. The number of aliphatic hydroxyl groups is 1. The molecule has 0 spiro atoms. The van der Waals surface area contributed by atoms with Gasteiger partial charge in [0.25, 0.3) is 0 Å². The van der Waals surface area contributed by atoms with Crippen LogP contribution in [0.25, 0.3) is 10.9 Å². The van der Waals surface area contributed by atoms with Crippen LogP contribution in [-0.4, -0.2) is 22.7 Å². The molecule has 1 unspecified atom stereocenters. The zero-order chi connectivity index (χ0) is 10.7. The number of anilines is 1. The number of fused-ring (bicyclic) bond motifs is 1. The lowest BCUT2D eigenvalue weighted by atomic mass is 10.2. The molecule has 1 atom stereocenters. The Balaban J connectivity index is 2.30. The van der Waals surface area contributed by atoms with Gasteiger partial charge in [-0.1, -0.05) is 18.2 Å². The molecule has 0 aliphatic carbocycles. The Morgan fingerprint density at radius 1 is 1.27 bits per heavy atom. The monoisotopic (exact) mass is 202 g/mol. The molecule has 1 heterocycles. The molecule has 0 aliphatic rings. The molecule has 2 aromatic rings. The van der Waals surface area contributed by atoms with E-state index in [0.717, 1.165) is 16.7 Å². The van der Waals surface area contributed by atoms with Gasteiger partial charge in [-0.05, 0) is 25.1 Å². The summed E-state index contributed by atoms with van der Waals surface area (Å²) in [4.78, 5) is 4.44. The van der Waals surface area contributed by atoms with Gasteiger partial charge in [-0.15, -0.1) is 0 Å². The van der Waals surface area contributed by atoms with Gasteiger partial charge in [-0.25, -0.2) is 4.98 Å². The van der Waals surface area contributed by atoms with E-state index in [2.05, 4.69) is 10.3 Å². The number of aliphatic hydroxyl groups excluding tert-OH is 1. The fourth-order valence-corrected chi connectivity index (χ4v) is 1.44. The second-order valence-electron chi connectivity index (χ2n) is 3.62. The van der Waals surface area contributed by atoms with Gasteiger partial charge < -0.3 is 10.4 Å². The highest BCUT2D eigenvalue weighted by molar-refractivity contribution is 5.80. The van der Waals surface area contributed by atoms with Crippen molar-refractivity contribution in [1.29, 1.82) is 0 Å². The van der Waals surface area contributed by atoms with Gasteiger partial charge in [0, 0.05) is 11.4 Å². The zero-order valence-corrected chi connectivity index (χ0v) is 8.64. The topological polar surface area (TPSA) is 45.1 Å². The van der Waals surface area contributed by atoms with E-state index in [4.69, 9.17) is 5.11 Å². The van der Waals surface area contributed by atoms with E-state index in [-0.39, 0.29) is 12.6 Å². The van der Waals surface area contributed by atoms with Crippen molar-refractivity contribution in [2.24, 2.45) is 0 Å². The van der Waals surface area contributed by atoms with Crippen molar-refractivity contribution in [2.75, 3.05) is 11.9 Å². The number of hydrogen-bond donors (Lipinski definition) is 2. The summed E-state index contributed by atoms with van der Waals surface area (Å²) in [5, 5.41) is 13.2. The van der Waals surface area contributed by atoms with E-state index in [1.807, 2.05) is 43.3 Å². The molecule has 0 saturated carbocycles. The lowest BCUT2D eigenvalue weighted by molar-refractivity contribution is 0.281. The van der Waals surface area contributed by atoms with Crippen LogP contribution in [0, 0.1) is 0 Å². The van der Waals surface area contributed by atoms with Crippen LogP contribution < -0.4 is 5.32 Å². The van der Waals surface area contributed by atoms with Crippen LogP contribution in [0.1, 0.15) is 6.92 Å². The molecule has 3 nitrogen and oxygen atoms in total. The molecule has 2 rings (SSSR count). The highest BCUT2D eigenvalue weighted by atomic mass is 16.3. The van der Waals surface area contributed by atoms with E-state index in [0.29, 0.717) is 0 Å². The van der Waals surface area contributed by atoms with Crippen molar-refractivity contribution in [2.45, 2.75) is 13.0 Å². The van der Waals surface area contributed by atoms with Gasteiger partial charge in [0.05, 0.1) is 12.1 Å². The Morgan fingerprint density at radius 3 is 2.87 bits per heavy atom. The first-order valence-corrected chi connectivity index (χ1v) is 5.03. The molecule has 3 heteroatoms. The maximum Gasteiger partial charge on any atom is 0.126 e. The number of para-hydroxylation sites is 1. The Morgan fingerprint density at radius 2 is 2.07 bits per heavy atom. The van der Waals surface area contributed by atoms with E-state index in [1.54, 1.807) is 0 Å². The van der Waals surface area contributed by atoms with Gasteiger partial charge >= 0.3 is 0 Å². The molecule has 0 fully saturated rings. The Kier molecular flexibility index (Phi) is 2.83. The predicted octanol–water partition coefficient (Wildman–Crippen LogP) is 2.03. The fourth-order valence-electron chi connectivity index (χ4n) is 1.44. The van der Waals surface area contributed by atoms with E-state index in [1.165, 1.54) is 0 Å². The van der Waals surface area contributed by atoms with Crippen LogP contribution in [-0.2, 0) is 0 Å². The first-order chi connectivity index (χ1) is 7.29. The maximum atomic E-state index is 8.92. The minimum atomic E-state index is 0.0265. The van der Waals surface area contributed by atoms with Crippen LogP contribution in [0.4, 0.5) is 5.82 Å². The first-order valence-electron chi connectivity index (χ1n) is 5.03. The standard InChI is InChI=1S/C12H14N2O/c1-9(8-15)13-12-7-6-10-4-2-3-5-11(10)14-12/h2-7,9,15H,8H2,1H3,(H,13,14). The summed E-state index contributed by atoms with van der Waals surface area (Å²) in [6, 6.07) is 11.9. The molecule has 78 valence electrons. The number of pyridine rings is 1. The zero-order valence-electron chi connectivity index (χ0n) is 8.64. The van der Waals surface area contributed by atoms with Crippen molar-refractivity contribution < 1.29 is 5.11 Å². The molecule has 0 radical (unpaired) electrons. The van der Waals surface area contributed by atoms with E-state index >= 15 is 0 Å². The summed E-state index contributed by atoms with van der Waals surface area (Å²) < 4.78 is 0. The number of aromatic nitrogens is 1. The predicted molar refractivity (Wildman–Crippen MR) is 61.9 cm³/mol. The van der Waals surface area contributed by atoms with Crippen molar-refractivity contribution >= 4 is 16.7 Å². The summed E-state index contributed by atoms with van der Waals surface area (Å²) in [6.07, 6.45) is 0. The summed E-state index contributed by atoms with van der Waals surface area (Å²) in [6.45, 7) is 2.02. The van der Waals surface area contributed by atoms with E-state index in [9.17, 15) is 0 Å². The number of nitrogens with zero attached hydrogens (tertiary/aromatic N) is 1. The second kappa shape index (κ2) is 4.28. The number of nitrogens with one attached hydrogen (secondary N) is 1. The lowest BCUT2D eigenvalue weighted by Gasteiger charge is -2.11. The molecule has 0 bridgehead atoms. The normalized spacial score (nSPS) is 12.7. The smallest absolute Gasteiger partial charge is 0.126 e. The third kappa shape index (κ3) is 2.25. The first kappa shape index (κ1) is 9.93. The fraction of sp³-hybridized carbons (Fsp3) is 0.250. The van der Waals surface area contributed by atoms with Gasteiger partial charge in [-0.3, -0.25) is 0 Å². The van der Waals surface area contributed by atoms with Crippen LogP contribution in [0.5, 0.6) is 0 Å². The molecule has 0 aliphatic heterocycles. The van der Waals surface area contributed by atoms with Gasteiger partial charge in [-0.2, -0.15) is 0 Å². The molecular formula is C12H14N2O. The third-order valence-electron chi connectivity index (χ3n) is 2.27. The number of rotatable bonds is 3. The minimum absolute atomic E-state index is 0.0265. The summed E-state index contributed by atoms with van der Waals surface area (Å²) in [5.74, 6) is 0.801. The van der Waals surface area contributed by atoms with Crippen molar-refractivity contribution in [3.63, 3.8) is 0 Å². The van der Waals surface area contributed by atoms with Gasteiger partial charge in [0.2, 0.25) is 0 Å². The Bertz CT molecular complexity index is 456. The van der Waals surface area contributed by atoms with Crippen molar-refractivity contribution in [3.8, 4) is 0 Å². The second-order valence-corrected chi connectivity index (χ2v) is 3.62. The lowest BCUT2D eigenvalue weighted by Crippen LogP contribution is -2.19. The largest absolute Gasteiger partial charge is 0.394 e. The van der Waals surface area contributed by atoms with Crippen molar-refractivity contribution in [1.82, 2.24) is 4.98 Å². The van der Waals surface area contributed by atoms with Gasteiger partial charge in [0.1, 0.15) is 5.82 Å². The molecule has 0 saturated heterocycles. The molecule has 0 amide bonds. The summed E-state index contributed by atoms with van der Waals surface area (Å²) in [7, 11) is 0. The van der Waals surface area contributed by atoms with Gasteiger partial charge in [0.15, 0.2) is 0 Å². The molecular weight excluding hydrogens is 188 g/mol.